The van der Waals surface area contributed by atoms with E-state index in [2.05, 4.69) is 38.5 Å². The second kappa shape index (κ2) is 5.46. The predicted octanol–water partition coefficient (Wildman–Crippen LogP) is 2.62. The zero-order chi connectivity index (χ0) is 12.3. The van der Waals surface area contributed by atoms with Gasteiger partial charge in [-0.1, -0.05) is 18.3 Å². The normalized spacial score (nSPS) is 18.9. The Bertz CT molecular complexity index is 401. The van der Waals surface area contributed by atoms with Gasteiger partial charge in [0.15, 0.2) is 5.13 Å². The number of hydrogen-bond donors (Lipinski definition) is 2. The lowest BCUT2D eigenvalue weighted by atomic mass is 9.76. The second-order valence-corrected chi connectivity index (χ2v) is 6.72. The van der Waals surface area contributed by atoms with Crippen LogP contribution in [0.1, 0.15) is 26.2 Å². The van der Waals surface area contributed by atoms with Crippen molar-refractivity contribution < 1.29 is 4.79 Å². The molecule has 0 atom stereocenters. The SMILES string of the molecule is CCC1(C(=O)Nc2ncc(Br)s2)CCNCC1. The first-order chi connectivity index (χ1) is 8.16. The van der Waals surface area contributed by atoms with Crippen LogP contribution in [0, 0.1) is 5.41 Å². The maximum absolute atomic E-state index is 12.3. The number of nitrogens with zero attached hydrogens (tertiary/aromatic N) is 1. The van der Waals surface area contributed by atoms with Crippen LogP contribution >= 0.6 is 27.3 Å². The van der Waals surface area contributed by atoms with Gasteiger partial charge in [-0.25, -0.2) is 4.98 Å². The number of anilines is 1. The number of nitrogens with one attached hydrogen (secondary N) is 2. The monoisotopic (exact) mass is 317 g/mol. The first kappa shape index (κ1) is 13.0. The van der Waals surface area contributed by atoms with Crippen LogP contribution in [0.15, 0.2) is 9.98 Å². The number of amides is 1. The molecule has 1 amide bonds. The van der Waals surface area contributed by atoms with Gasteiger partial charge in [0.1, 0.15) is 0 Å². The van der Waals surface area contributed by atoms with Crippen molar-refractivity contribution in [3.63, 3.8) is 0 Å². The summed E-state index contributed by atoms with van der Waals surface area (Å²) < 4.78 is 0.934. The van der Waals surface area contributed by atoms with E-state index in [4.69, 9.17) is 0 Å². The van der Waals surface area contributed by atoms with E-state index < -0.39 is 0 Å². The minimum absolute atomic E-state index is 0.114. The Morgan fingerprint density at radius 3 is 2.88 bits per heavy atom. The fourth-order valence-corrected chi connectivity index (χ4v) is 3.29. The fraction of sp³-hybridized carbons (Fsp3) is 0.636. The molecule has 1 aliphatic heterocycles. The summed E-state index contributed by atoms with van der Waals surface area (Å²) in [5.41, 5.74) is -0.219. The van der Waals surface area contributed by atoms with Gasteiger partial charge in [0, 0.05) is 0 Å². The van der Waals surface area contributed by atoms with Gasteiger partial charge in [-0.3, -0.25) is 4.79 Å². The number of rotatable bonds is 3. The van der Waals surface area contributed by atoms with Crippen molar-refractivity contribution in [2.75, 3.05) is 18.4 Å². The predicted molar refractivity (Wildman–Crippen MR) is 73.3 cm³/mol. The molecule has 0 aromatic carbocycles. The molecule has 0 spiro atoms. The van der Waals surface area contributed by atoms with E-state index in [1.165, 1.54) is 11.3 Å². The summed E-state index contributed by atoms with van der Waals surface area (Å²) in [7, 11) is 0. The summed E-state index contributed by atoms with van der Waals surface area (Å²) in [5, 5.41) is 6.91. The van der Waals surface area contributed by atoms with Crippen LogP contribution in [-0.2, 0) is 4.79 Å². The van der Waals surface area contributed by atoms with E-state index >= 15 is 0 Å². The molecule has 17 heavy (non-hydrogen) atoms. The molecule has 0 bridgehead atoms. The molecule has 2 N–H and O–H groups in total. The molecule has 2 rings (SSSR count). The Hall–Kier alpha value is -0.460. The lowest BCUT2D eigenvalue weighted by Gasteiger charge is -2.34. The Balaban J connectivity index is 2.07. The van der Waals surface area contributed by atoms with E-state index in [9.17, 15) is 4.79 Å². The van der Waals surface area contributed by atoms with Crippen molar-refractivity contribution in [3.8, 4) is 0 Å². The standard InChI is InChI=1S/C11H16BrN3OS/c1-2-11(3-5-13-6-4-11)9(16)15-10-14-7-8(12)17-10/h7,13H,2-6H2,1H3,(H,14,15,16). The second-order valence-electron chi connectivity index (χ2n) is 4.31. The summed E-state index contributed by atoms with van der Waals surface area (Å²) in [4.78, 5) is 16.5. The maximum Gasteiger partial charge on any atom is 0.232 e. The van der Waals surface area contributed by atoms with Gasteiger partial charge in [-0.15, -0.1) is 0 Å². The number of aromatic nitrogens is 1. The number of carbonyl (C=O) groups is 1. The Kier molecular flexibility index (Phi) is 4.17. The van der Waals surface area contributed by atoms with Crippen LogP contribution in [0.25, 0.3) is 0 Å². The van der Waals surface area contributed by atoms with Gasteiger partial charge in [0.05, 0.1) is 15.4 Å². The summed E-state index contributed by atoms with van der Waals surface area (Å²) in [6.07, 6.45) is 4.40. The summed E-state index contributed by atoms with van der Waals surface area (Å²) >= 11 is 4.79. The first-order valence-corrected chi connectivity index (χ1v) is 7.41. The molecule has 1 saturated heterocycles. The van der Waals surface area contributed by atoms with E-state index in [0.717, 1.165) is 36.1 Å². The maximum atomic E-state index is 12.3. The van der Waals surface area contributed by atoms with Crippen LogP contribution < -0.4 is 10.6 Å². The molecular formula is C11H16BrN3OS. The molecule has 4 nitrogen and oxygen atoms in total. The molecule has 0 saturated carbocycles. The highest BCUT2D eigenvalue weighted by Gasteiger charge is 2.37. The van der Waals surface area contributed by atoms with Gasteiger partial charge in [-0.05, 0) is 48.3 Å². The lowest BCUT2D eigenvalue weighted by Crippen LogP contribution is -2.44. The molecule has 0 radical (unpaired) electrons. The van der Waals surface area contributed by atoms with Crippen molar-refractivity contribution >= 4 is 38.3 Å². The van der Waals surface area contributed by atoms with Gasteiger partial charge in [0.2, 0.25) is 5.91 Å². The molecule has 1 aromatic rings. The Morgan fingerprint density at radius 1 is 1.65 bits per heavy atom. The third kappa shape index (κ3) is 2.86. The van der Waals surface area contributed by atoms with E-state index in [-0.39, 0.29) is 11.3 Å². The van der Waals surface area contributed by atoms with Gasteiger partial charge < -0.3 is 10.6 Å². The van der Waals surface area contributed by atoms with Crippen LogP contribution in [0.3, 0.4) is 0 Å². The van der Waals surface area contributed by atoms with E-state index in [1.807, 2.05) is 0 Å². The molecular weight excluding hydrogens is 302 g/mol. The number of carbonyl (C=O) groups excluding carboxylic acids is 1. The highest BCUT2D eigenvalue weighted by atomic mass is 79.9. The molecule has 6 heteroatoms. The Morgan fingerprint density at radius 2 is 2.35 bits per heavy atom. The molecule has 2 heterocycles. The van der Waals surface area contributed by atoms with E-state index in [0.29, 0.717) is 5.13 Å². The van der Waals surface area contributed by atoms with Crippen molar-refractivity contribution in [1.82, 2.24) is 10.3 Å². The van der Waals surface area contributed by atoms with Gasteiger partial charge in [0.25, 0.3) is 0 Å². The highest BCUT2D eigenvalue weighted by Crippen LogP contribution is 2.34. The number of halogens is 1. The van der Waals surface area contributed by atoms with E-state index in [1.54, 1.807) is 6.20 Å². The first-order valence-electron chi connectivity index (χ1n) is 5.80. The third-order valence-corrected chi connectivity index (χ3v) is 4.81. The topological polar surface area (TPSA) is 54.0 Å². The molecule has 94 valence electrons. The number of piperidine rings is 1. The summed E-state index contributed by atoms with van der Waals surface area (Å²) in [6, 6.07) is 0. The fourth-order valence-electron chi connectivity index (χ4n) is 2.19. The van der Waals surface area contributed by atoms with Crippen LogP contribution in [0.5, 0.6) is 0 Å². The van der Waals surface area contributed by atoms with Crippen molar-refractivity contribution in [2.45, 2.75) is 26.2 Å². The minimum Gasteiger partial charge on any atom is -0.317 e. The summed E-state index contributed by atoms with van der Waals surface area (Å²) in [6.45, 7) is 3.92. The average molecular weight is 318 g/mol. The number of thiazole rings is 1. The zero-order valence-corrected chi connectivity index (χ0v) is 12.2. The lowest BCUT2D eigenvalue weighted by molar-refractivity contribution is -0.127. The minimum atomic E-state index is -0.219. The molecule has 1 fully saturated rings. The molecule has 0 aliphatic carbocycles. The molecule has 0 unspecified atom stereocenters. The van der Waals surface area contributed by atoms with Crippen LogP contribution in [0.4, 0.5) is 5.13 Å². The van der Waals surface area contributed by atoms with Crippen molar-refractivity contribution in [2.24, 2.45) is 5.41 Å². The highest BCUT2D eigenvalue weighted by molar-refractivity contribution is 9.11. The van der Waals surface area contributed by atoms with Crippen LogP contribution in [0.2, 0.25) is 0 Å². The number of hydrogen-bond acceptors (Lipinski definition) is 4. The quantitative estimate of drug-likeness (QED) is 0.901. The Labute approximate surface area is 113 Å². The van der Waals surface area contributed by atoms with Crippen molar-refractivity contribution in [3.05, 3.63) is 9.98 Å². The molecule has 1 aliphatic rings. The zero-order valence-electron chi connectivity index (χ0n) is 9.75. The van der Waals surface area contributed by atoms with Crippen LogP contribution in [-0.4, -0.2) is 24.0 Å². The largest absolute Gasteiger partial charge is 0.317 e. The van der Waals surface area contributed by atoms with Gasteiger partial charge in [-0.2, -0.15) is 0 Å². The third-order valence-electron chi connectivity index (χ3n) is 3.42. The summed E-state index contributed by atoms with van der Waals surface area (Å²) in [5.74, 6) is 0.114. The van der Waals surface area contributed by atoms with Gasteiger partial charge >= 0.3 is 0 Å². The average Bonchev–Trinajstić information content (AvgIpc) is 2.75. The van der Waals surface area contributed by atoms with Crippen molar-refractivity contribution in [1.29, 1.82) is 0 Å². The molecule has 1 aromatic heterocycles. The smallest absolute Gasteiger partial charge is 0.232 e.